The number of carbonyl (C=O) groups is 2. The first-order chi connectivity index (χ1) is 12.6. The van der Waals surface area contributed by atoms with E-state index in [0.29, 0.717) is 0 Å². The summed E-state index contributed by atoms with van der Waals surface area (Å²) in [5.41, 5.74) is 2.84. The van der Waals surface area contributed by atoms with Gasteiger partial charge in [-0.25, -0.2) is 0 Å². The summed E-state index contributed by atoms with van der Waals surface area (Å²) in [6, 6.07) is 17.5. The number of benzene rings is 2. The van der Waals surface area contributed by atoms with Crippen molar-refractivity contribution in [1.82, 2.24) is 9.80 Å². The average Bonchev–Trinajstić information content (AvgIpc) is 2.67. The number of nitrogens with one attached hydrogen (secondary N) is 1. The smallest absolute Gasteiger partial charge is 0.253 e. The molecule has 0 spiro atoms. The van der Waals surface area contributed by atoms with E-state index in [-0.39, 0.29) is 11.8 Å². The SMILES string of the molecule is CC(=O)Nc1ccc(CCN2CCN(C(=O)c3ccccc3)CC2)cc1. The molecule has 0 unspecified atom stereocenters. The number of hydrogen-bond donors (Lipinski definition) is 1. The second-order valence-corrected chi connectivity index (χ2v) is 6.63. The zero-order chi connectivity index (χ0) is 18.4. The Labute approximate surface area is 154 Å². The van der Waals surface area contributed by atoms with Gasteiger partial charge in [0.25, 0.3) is 5.91 Å². The fraction of sp³-hybridized carbons (Fsp3) is 0.333. The van der Waals surface area contributed by atoms with E-state index in [0.717, 1.165) is 50.4 Å². The van der Waals surface area contributed by atoms with E-state index in [9.17, 15) is 9.59 Å². The van der Waals surface area contributed by atoms with E-state index in [1.807, 2.05) is 47.4 Å². The van der Waals surface area contributed by atoms with Crippen LogP contribution in [0, 0.1) is 0 Å². The molecule has 1 aliphatic heterocycles. The van der Waals surface area contributed by atoms with Crippen molar-refractivity contribution in [2.24, 2.45) is 0 Å². The monoisotopic (exact) mass is 351 g/mol. The topological polar surface area (TPSA) is 52.7 Å². The first kappa shape index (κ1) is 18.1. The van der Waals surface area contributed by atoms with Gasteiger partial charge >= 0.3 is 0 Å². The molecular formula is C21H25N3O2. The standard InChI is InChI=1S/C21H25N3O2/c1-17(25)22-20-9-7-18(8-10-20)11-12-23-13-15-24(16-14-23)21(26)19-5-3-2-4-6-19/h2-10H,11-16H2,1H3,(H,22,25). The molecule has 0 aliphatic carbocycles. The number of hydrogen-bond acceptors (Lipinski definition) is 3. The van der Waals surface area contributed by atoms with Crippen molar-refractivity contribution >= 4 is 17.5 Å². The van der Waals surface area contributed by atoms with Crippen molar-refractivity contribution in [3.05, 3.63) is 65.7 Å². The fourth-order valence-corrected chi connectivity index (χ4v) is 3.18. The highest BCUT2D eigenvalue weighted by atomic mass is 16.2. The zero-order valence-corrected chi connectivity index (χ0v) is 15.1. The molecule has 2 amide bonds. The van der Waals surface area contributed by atoms with Gasteiger partial charge in [-0.3, -0.25) is 14.5 Å². The molecule has 2 aromatic carbocycles. The van der Waals surface area contributed by atoms with Crippen LogP contribution in [0.3, 0.4) is 0 Å². The van der Waals surface area contributed by atoms with Crippen molar-refractivity contribution in [2.75, 3.05) is 38.0 Å². The van der Waals surface area contributed by atoms with Gasteiger partial charge in [0.1, 0.15) is 0 Å². The highest BCUT2D eigenvalue weighted by Gasteiger charge is 2.21. The maximum atomic E-state index is 12.5. The Morgan fingerprint density at radius 3 is 2.19 bits per heavy atom. The molecule has 3 rings (SSSR count). The minimum atomic E-state index is -0.0549. The van der Waals surface area contributed by atoms with Crippen LogP contribution in [-0.4, -0.2) is 54.3 Å². The van der Waals surface area contributed by atoms with Gasteiger partial charge in [-0.15, -0.1) is 0 Å². The Bertz CT molecular complexity index is 736. The first-order valence-corrected chi connectivity index (χ1v) is 9.05. The summed E-state index contributed by atoms with van der Waals surface area (Å²) >= 11 is 0. The summed E-state index contributed by atoms with van der Waals surface area (Å²) in [5, 5.41) is 2.78. The molecule has 1 heterocycles. The molecule has 5 nitrogen and oxygen atoms in total. The summed E-state index contributed by atoms with van der Waals surface area (Å²) in [6.45, 7) is 5.85. The summed E-state index contributed by atoms with van der Waals surface area (Å²) in [6.07, 6.45) is 0.965. The molecule has 5 heteroatoms. The van der Waals surface area contributed by atoms with Crippen LogP contribution in [0.5, 0.6) is 0 Å². The van der Waals surface area contributed by atoms with Crippen molar-refractivity contribution in [3.63, 3.8) is 0 Å². The molecule has 0 aromatic heterocycles. The predicted octanol–water partition coefficient (Wildman–Crippen LogP) is 2.65. The maximum absolute atomic E-state index is 12.5. The number of piperazine rings is 1. The van der Waals surface area contributed by atoms with E-state index < -0.39 is 0 Å². The van der Waals surface area contributed by atoms with Gasteiger partial charge in [-0.2, -0.15) is 0 Å². The van der Waals surface area contributed by atoms with Crippen molar-refractivity contribution in [1.29, 1.82) is 0 Å². The molecule has 0 radical (unpaired) electrons. The summed E-state index contributed by atoms with van der Waals surface area (Å²) in [7, 11) is 0. The normalized spacial score (nSPS) is 14.9. The van der Waals surface area contributed by atoms with E-state index in [4.69, 9.17) is 0 Å². The molecule has 0 bridgehead atoms. The number of carbonyl (C=O) groups excluding carboxylic acids is 2. The number of amides is 2. The molecule has 1 fully saturated rings. The fourth-order valence-electron chi connectivity index (χ4n) is 3.18. The number of rotatable bonds is 5. The van der Waals surface area contributed by atoms with E-state index in [2.05, 4.69) is 22.3 Å². The van der Waals surface area contributed by atoms with Gasteiger partial charge < -0.3 is 10.2 Å². The average molecular weight is 351 g/mol. The first-order valence-electron chi connectivity index (χ1n) is 9.05. The molecular weight excluding hydrogens is 326 g/mol. The van der Waals surface area contributed by atoms with Crippen molar-refractivity contribution in [2.45, 2.75) is 13.3 Å². The van der Waals surface area contributed by atoms with Gasteiger partial charge in [0, 0.05) is 50.9 Å². The van der Waals surface area contributed by atoms with Gasteiger partial charge in [-0.1, -0.05) is 30.3 Å². The Kier molecular flexibility index (Phi) is 6.02. The highest BCUT2D eigenvalue weighted by molar-refractivity contribution is 5.94. The lowest BCUT2D eigenvalue weighted by Crippen LogP contribution is -2.49. The van der Waals surface area contributed by atoms with Crippen LogP contribution in [-0.2, 0) is 11.2 Å². The Morgan fingerprint density at radius 1 is 0.923 bits per heavy atom. The van der Waals surface area contributed by atoms with E-state index in [1.54, 1.807) is 0 Å². The van der Waals surface area contributed by atoms with Crippen LogP contribution in [0.4, 0.5) is 5.69 Å². The highest BCUT2D eigenvalue weighted by Crippen LogP contribution is 2.12. The number of nitrogens with zero attached hydrogens (tertiary/aromatic N) is 2. The minimum Gasteiger partial charge on any atom is -0.336 e. The van der Waals surface area contributed by atoms with Crippen LogP contribution < -0.4 is 5.32 Å². The molecule has 2 aromatic rings. The van der Waals surface area contributed by atoms with Gasteiger partial charge in [0.2, 0.25) is 5.91 Å². The third-order valence-electron chi connectivity index (χ3n) is 4.67. The second kappa shape index (κ2) is 8.63. The zero-order valence-electron chi connectivity index (χ0n) is 15.1. The van der Waals surface area contributed by atoms with Crippen molar-refractivity contribution in [3.8, 4) is 0 Å². The largest absolute Gasteiger partial charge is 0.336 e. The van der Waals surface area contributed by atoms with Gasteiger partial charge in [-0.05, 0) is 36.2 Å². The lowest BCUT2D eigenvalue weighted by atomic mass is 10.1. The lowest BCUT2D eigenvalue weighted by molar-refractivity contribution is -0.114. The molecule has 0 atom stereocenters. The van der Waals surface area contributed by atoms with E-state index >= 15 is 0 Å². The minimum absolute atomic E-state index is 0.0549. The second-order valence-electron chi connectivity index (χ2n) is 6.63. The third-order valence-corrected chi connectivity index (χ3v) is 4.67. The Morgan fingerprint density at radius 2 is 1.58 bits per heavy atom. The van der Waals surface area contributed by atoms with Gasteiger partial charge in [0.05, 0.1) is 0 Å². The maximum Gasteiger partial charge on any atom is 0.253 e. The third kappa shape index (κ3) is 4.92. The van der Waals surface area contributed by atoms with Crippen LogP contribution in [0.15, 0.2) is 54.6 Å². The van der Waals surface area contributed by atoms with Crippen LogP contribution in [0.2, 0.25) is 0 Å². The lowest BCUT2D eigenvalue weighted by Gasteiger charge is -2.34. The molecule has 1 N–H and O–H groups in total. The summed E-state index contributed by atoms with van der Waals surface area (Å²) < 4.78 is 0. The van der Waals surface area contributed by atoms with Crippen LogP contribution in [0.25, 0.3) is 0 Å². The molecule has 1 aliphatic rings. The Hall–Kier alpha value is -2.66. The molecule has 136 valence electrons. The van der Waals surface area contributed by atoms with Crippen LogP contribution in [0.1, 0.15) is 22.8 Å². The van der Waals surface area contributed by atoms with Crippen LogP contribution >= 0.6 is 0 Å². The van der Waals surface area contributed by atoms with Gasteiger partial charge in [0.15, 0.2) is 0 Å². The molecule has 1 saturated heterocycles. The quantitative estimate of drug-likeness (QED) is 0.901. The summed E-state index contributed by atoms with van der Waals surface area (Å²) in [5.74, 6) is 0.0690. The van der Waals surface area contributed by atoms with Crippen molar-refractivity contribution < 1.29 is 9.59 Å². The summed E-state index contributed by atoms with van der Waals surface area (Å²) in [4.78, 5) is 27.9. The Balaban J connectivity index is 1.44. The number of anilines is 1. The predicted molar refractivity (Wildman–Crippen MR) is 103 cm³/mol. The molecule has 26 heavy (non-hydrogen) atoms. The van der Waals surface area contributed by atoms with E-state index in [1.165, 1.54) is 12.5 Å². The molecule has 0 saturated carbocycles.